The minimum atomic E-state index is -1.07. The summed E-state index contributed by atoms with van der Waals surface area (Å²) in [5.74, 6) is -2.72. The maximum absolute atomic E-state index is 13.1. The zero-order chi connectivity index (χ0) is 26.6. The number of imide groups is 2. The van der Waals surface area contributed by atoms with Gasteiger partial charge in [-0.3, -0.25) is 34.2 Å². The molecule has 11 nitrogen and oxygen atoms in total. The molecule has 2 aliphatic rings. The average molecular weight is 522 g/mol. The maximum Gasteiger partial charge on any atom is 0.264 e. The monoisotopic (exact) mass is 521 g/mol. The first-order chi connectivity index (χ1) is 17.9. The van der Waals surface area contributed by atoms with Crippen molar-refractivity contribution in [3.8, 4) is 0 Å². The Kier molecular flexibility index (Phi) is 11.1. The molecule has 0 radical (unpaired) electrons. The highest BCUT2D eigenvalue weighted by Crippen LogP contribution is 2.32. The third-order valence-corrected chi connectivity index (χ3v) is 5.90. The second-order valence-electron chi connectivity index (χ2n) is 8.56. The third-order valence-electron chi connectivity index (χ3n) is 5.90. The number of carbonyl (C=O) groups is 5. The highest BCUT2D eigenvalue weighted by Gasteiger charge is 2.45. The standard InChI is InChI=1S/C25H32FN3O8/c26-10-12-36-14-16-37-15-13-35-11-3-1-2-7-20(30)27-18-6-4-5-17-22(18)25(34)29(24(17)33)19-8-9-21(31)28-23(19)32/h4-6,19H,1-3,7-16H2,(H,27,30)(H,28,31,32). The van der Waals surface area contributed by atoms with E-state index in [0.717, 1.165) is 17.7 Å². The number of nitrogens with one attached hydrogen (secondary N) is 2. The van der Waals surface area contributed by atoms with Crippen molar-refractivity contribution in [3.63, 3.8) is 0 Å². The molecule has 12 heteroatoms. The number of anilines is 1. The van der Waals surface area contributed by atoms with Gasteiger partial charge in [-0.15, -0.1) is 0 Å². The van der Waals surface area contributed by atoms with Gasteiger partial charge >= 0.3 is 0 Å². The molecule has 37 heavy (non-hydrogen) atoms. The fourth-order valence-corrected chi connectivity index (χ4v) is 4.09. The predicted molar refractivity (Wildman–Crippen MR) is 129 cm³/mol. The lowest BCUT2D eigenvalue weighted by molar-refractivity contribution is -0.136. The minimum Gasteiger partial charge on any atom is -0.379 e. The van der Waals surface area contributed by atoms with Crippen LogP contribution in [0.2, 0.25) is 0 Å². The molecule has 5 amide bonds. The van der Waals surface area contributed by atoms with E-state index in [0.29, 0.717) is 39.5 Å². The minimum absolute atomic E-state index is 0.0320. The second kappa shape index (κ2) is 14.5. The van der Waals surface area contributed by atoms with Gasteiger partial charge in [0.15, 0.2) is 0 Å². The van der Waals surface area contributed by atoms with E-state index in [9.17, 15) is 28.4 Å². The lowest BCUT2D eigenvalue weighted by Crippen LogP contribution is -2.54. The lowest BCUT2D eigenvalue weighted by Gasteiger charge is -2.27. The van der Waals surface area contributed by atoms with Crippen LogP contribution in [-0.4, -0.2) is 86.8 Å². The Bertz CT molecular complexity index is 1000. The SMILES string of the molecule is O=C1CCC(N2C(=O)c3cccc(NC(=O)CCCCCOCCOCCOCCF)c3C2=O)C(=O)N1. The molecule has 1 fully saturated rings. The number of halogens is 1. The molecule has 1 unspecified atom stereocenters. The second-order valence-corrected chi connectivity index (χ2v) is 8.56. The topological polar surface area (TPSA) is 140 Å². The molecule has 1 saturated heterocycles. The first kappa shape index (κ1) is 28.4. The lowest BCUT2D eigenvalue weighted by atomic mass is 10.0. The summed E-state index contributed by atoms with van der Waals surface area (Å²) in [6.07, 6.45) is 2.46. The Balaban J connectivity index is 1.37. The highest BCUT2D eigenvalue weighted by molar-refractivity contribution is 6.26. The quantitative estimate of drug-likeness (QED) is 0.247. The molecule has 1 aromatic carbocycles. The van der Waals surface area contributed by atoms with E-state index in [1.54, 1.807) is 12.1 Å². The highest BCUT2D eigenvalue weighted by atomic mass is 19.1. The summed E-state index contributed by atoms with van der Waals surface area (Å²) in [5.41, 5.74) is 0.380. The summed E-state index contributed by atoms with van der Waals surface area (Å²) >= 11 is 0. The molecule has 202 valence electrons. The Hall–Kier alpha value is -3.22. The maximum atomic E-state index is 13.1. The van der Waals surface area contributed by atoms with Crippen LogP contribution in [0.4, 0.5) is 10.1 Å². The normalized spacial score (nSPS) is 17.2. The predicted octanol–water partition coefficient (Wildman–Crippen LogP) is 1.61. The number of alkyl halides is 1. The molecule has 1 atom stereocenters. The summed E-state index contributed by atoms with van der Waals surface area (Å²) in [4.78, 5) is 62.9. The summed E-state index contributed by atoms with van der Waals surface area (Å²) in [6, 6.07) is 3.51. The molecule has 2 aliphatic heterocycles. The van der Waals surface area contributed by atoms with E-state index >= 15 is 0 Å². The van der Waals surface area contributed by atoms with E-state index in [4.69, 9.17) is 14.2 Å². The number of ether oxygens (including phenoxy) is 3. The van der Waals surface area contributed by atoms with E-state index in [1.165, 1.54) is 6.07 Å². The molecule has 2 N–H and O–H groups in total. The van der Waals surface area contributed by atoms with Crippen molar-refractivity contribution in [1.82, 2.24) is 10.2 Å². The smallest absolute Gasteiger partial charge is 0.264 e. The van der Waals surface area contributed by atoms with Crippen molar-refractivity contribution in [2.45, 2.75) is 44.6 Å². The van der Waals surface area contributed by atoms with E-state index in [1.807, 2.05) is 0 Å². The van der Waals surface area contributed by atoms with Crippen LogP contribution in [0.15, 0.2) is 18.2 Å². The van der Waals surface area contributed by atoms with Crippen molar-refractivity contribution in [2.24, 2.45) is 0 Å². The fraction of sp³-hybridized carbons (Fsp3) is 0.560. The largest absolute Gasteiger partial charge is 0.379 e. The zero-order valence-electron chi connectivity index (χ0n) is 20.6. The molecule has 3 rings (SSSR count). The van der Waals surface area contributed by atoms with Gasteiger partial charge in [0.05, 0.1) is 49.8 Å². The van der Waals surface area contributed by atoms with Crippen LogP contribution in [0.3, 0.4) is 0 Å². The van der Waals surface area contributed by atoms with Crippen LogP contribution in [0.5, 0.6) is 0 Å². The molecule has 0 aromatic heterocycles. The molecule has 1 aromatic rings. The summed E-state index contributed by atoms with van der Waals surface area (Å²) in [5, 5.41) is 4.86. The van der Waals surface area contributed by atoms with E-state index in [2.05, 4.69) is 10.6 Å². The van der Waals surface area contributed by atoms with E-state index in [-0.39, 0.29) is 48.6 Å². The molecule has 0 spiro atoms. The van der Waals surface area contributed by atoms with Crippen LogP contribution in [0, 0.1) is 0 Å². The van der Waals surface area contributed by atoms with Crippen LogP contribution in [0.25, 0.3) is 0 Å². The molecule has 0 bridgehead atoms. The molecular weight excluding hydrogens is 489 g/mol. The summed E-state index contributed by atoms with van der Waals surface area (Å²) < 4.78 is 27.5. The van der Waals surface area contributed by atoms with Crippen LogP contribution in [0.1, 0.15) is 59.2 Å². The molecule has 2 heterocycles. The average Bonchev–Trinajstić information content (AvgIpc) is 3.12. The Morgan fingerprint density at radius 1 is 0.946 bits per heavy atom. The first-order valence-corrected chi connectivity index (χ1v) is 12.4. The van der Waals surface area contributed by atoms with Gasteiger partial charge in [0, 0.05) is 19.4 Å². The van der Waals surface area contributed by atoms with Gasteiger partial charge in [0.25, 0.3) is 11.8 Å². The van der Waals surface area contributed by atoms with Gasteiger partial charge in [-0.05, 0) is 31.4 Å². The Morgan fingerprint density at radius 2 is 1.65 bits per heavy atom. The number of unbranched alkanes of at least 4 members (excludes halogenated alkanes) is 2. The van der Waals surface area contributed by atoms with Crippen molar-refractivity contribution in [3.05, 3.63) is 29.3 Å². The fourth-order valence-electron chi connectivity index (χ4n) is 4.09. The van der Waals surface area contributed by atoms with E-state index < -0.39 is 36.3 Å². The molecule has 0 saturated carbocycles. The number of nitrogens with zero attached hydrogens (tertiary/aromatic N) is 1. The molecule has 0 aliphatic carbocycles. The van der Waals surface area contributed by atoms with Gasteiger partial charge in [0.1, 0.15) is 12.7 Å². The first-order valence-electron chi connectivity index (χ1n) is 12.4. The number of hydrogen-bond donors (Lipinski definition) is 2. The number of rotatable bonds is 16. The van der Waals surface area contributed by atoms with Crippen molar-refractivity contribution in [2.75, 3.05) is 51.6 Å². The zero-order valence-corrected chi connectivity index (χ0v) is 20.6. The number of benzene rings is 1. The van der Waals surface area contributed by atoms with Crippen LogP contribution >= 0.6 is 0 Å². The molecular formula is C25H32FN3O8. The number of amides is 5. The van der Waals surface area contributed by atoms with Gasteiger partial charge in [-0.2, -0.15) is 0 Å². The third kappa shape index (κ3) is 7.88. The Labute approximate surface area is 214 Å². The Morgan fingerprint density at radius 3 is 2.35 bits per heavy atom. The van der Waals surface area contributed by atoms with Gasteiger partial charge in [-0.25, -0.2) is 4.39 Å². The van der Waals surface area contributed by atoms with Gasteiger partial charge in [0.2, 0.25) is 17.7 Å². The van der Waals surface area contributed by atoms with Crippen LogP contribution in [-0.2, 0) is 28.6 Å². The van der Waals surface area contributed by atoms with Crippen molar-refractivity contribution < 1.29 is 42.6 Å². The van der Waals surface area contributed by atoms with Crippen molar-refractivity contribution in [1.29, 1.82) is 0 Å². The number of piperidine rings is 1. The number of fused-ring (bicyclic) bond motifs is 1. The van der Waals surface area contributed by atoms with Gasteiger partial charge < -0.3 is 19.5 Å². The summed E-state index contributed by atoms with van der Waals surface area (Å²) in [7, 11) is 0. The summed E-state index contributed by atoms with van der Waals surface area (Å²) in [6.45, 7) is 1.69. The van der Waals surface area contributed by atoms with Crippen molar-refractivity contribution >= 4 is 35.2 Å². The van der Waals surface area contributed by atoms with Gasteiger partial charge in [-0.1, -0.05) is 12.5 Å². The van der Waals surface area contributed by atoms with Crippen LogP contribution < -0.4 is 10.6 Å². The number of hydrogen-bond acceptors (Lipinski definition) is 8. The number of carbonyl (C=O) groups excluding carboxylic acids is 5.